The van der Waals surface area contributed by atoms with Crippen molar-refractivity contribution in [3.05, 3.63) is 12.2 Å². The summed E-state index contributed by atoms with van der Waals surface area (Å²) in [5.74, 6) is 1.24. The number of halogens is 1. The maximum absolute atomic E-state index is 11.4. The second-order valence-electron chi connectivity index (χ2n) is 3.38. The second-order valence-corrected chi connectivity index (χ2v) is 3.76. The van der Waals surface area contributed by atoms with E-state index in [-0.39, 0.29) is 11.9 Å². The largest absolute Gasteiger partial charge is 0.346 e. The molecule has 0 radical (unpaired) electrons. The molecule has 0 saturated heterocycles. The lowest BCUT2D eigenvalue weighted by molar-refractivity contribution is -0.121. The van der Waals surface area contributed by atoms with Crippen molar-refractivity contribution in [1.82, 2.24) is 20.1 Å². The van der Waals surface area contributed by atoms with Crippen LogP contribution in [0.5, 0.6) is 0 Å². The quantitative estimate of drug-likeness (QED) is 0.769. The standard InChI is InChI=1S/C9H15ClN4O/c1-7(9-13-11-6-14(9)2)12-8(15)4-3-5-10/h6-7H,3-5H2,1-2H3,(H,12,15). The van der Waals surface area contributed by atoms with Crippen molar-refractivity contribution in [2.75, 3.05) is 5.88 Å². The van der Waals surface area contributed by atoms with E-state index in [1.807, 2.05) is 14.0 Å². The third-order valence-corrected chi connectivity index (χ3v) is 2.32. The molecule has 0 aromatic carbocycles. The van der Waals surface area contributed by atoms with Crippen molar-refractivity contribution in [2.24, 2.45) is 7.05 Å². The molecule has 0 spiro atoms. The molecular weight excluding hydrogens is 216 g/mol. The van der Waals surface area contributed by atoms with Gasteiger partial charge in [-0.1, -0.05) is 0 Å². The number of alkyl halides is 1. The molecule has 1 aromatic rings. The number of hydrogen-bond donors (Lipinski definition) is 1. The average Bonchev–Trinajstić information content (AvgIpc) is 2.61. The zero-order valence-electron chi connectivity index (χ0n) is 8.90. The third kappa shape index (κ3) is 3.51. The molecule has 15 heavy (non-hydrogen) atoms. The van der Waals surface area contributed by atoms with Gasteiger partial charge >= 0.3 is 0 Å². The van der Waals surface area contributed by atoms with E-state index >= 15 is 0 Å². The van der Waals surface area contributed by atoms with Gasteiger partial charge in [-0.3, -0.25) is 4.79 Å². The number of aryl methyl sites for hydroxylation is 1. The number of hydrogen-bond acceptors (Lipinski definition) is 3. The topological polar surface area (TPSA) is 59.8 Å². The van der Waals surface area contributed by atoms with Crippen LogP contribution in [0.1, 0.15) is 31.6 Å². The second kappa shape index (κ2) is 5.70. The summed E-state index contributed by atoms with van der Waals surface area (Å²) in [4.78, 5) is 11.4. The van der Waals surface area contributed by atoms with Gasteiger partial charge < -0.3 is 9.88 Å². The van der Waals surface area contributed by atoms with E-state index < -0.39 is 0 Å². The van der Waals surface area contributed by atoms with Crippen LogP contribution in [0.15, 0.2) is 6.33 Å². The van der Waals surface area contributed by atoms with Gasteiger partial charge in [-0.15, -0.1) is 21.8 Å². The predicted octanol–water partition coefficient (Wildman–Crippen LogP) is 1.01. The maximum atomic E-state index is 11.4. The van der Waals surface area contributed by atoms with Crippen LogP contribution in [0.25, 0.3) is 0 Å². The number of nitrogens with one attached hydrogen (secondary N) is 1. The van der Waals surface area contributed by atoms with Crippen LogP contribution in [0.4, 0.5) is 0 Å². The molecule has 1 amide bonds. The van der Waals surface area contributed by atoms with Gasteiger partial charge in [-0.25, -0.2) is 0 Å². The Morgan fingerprint density at radius 1 is 1.73 bits per heavy atom. The van der Waals surface area contributed by atoms with Crippen molar-refractivity contribution in [2.45, 2.75) is 25.8 Å². The molecule has 0 aliphatic rings. The van der Waals surface area contributed by atoms with Crippen LogP contribution in [-0.2, 0) is 11.8 Å². The van der Waals surface area contributed by atoms with Gasteiger partial charge in [-0.05, 0) is 13.3 Å². The molecule has 0 aliphatic heterocycles. The maximum Gasteiger partial charge on any atom is 0.220 e. The first-order chi connectivity index (χ1) is 7.15. The van der Waals surface area contributed by atoms with E-state index in [1.165, 1.54) is 0 Å². The molecule has 1 unspecified atom stereocenters. The molecule has 0 fully saturated rings. The number of aromatic nitrogens is 3. The van der Waals surface area contributed by atoms with Crippen molar-refractivity contribution in [3.63, 3.8) is 0 Å². The summed E-state index contributed by atoms with van der Waals surface area (Å²) in [7, 11) is 1.84. The minimum atomic E-state index is -0.125. The Bertz CT molecular complexity index is 326. The summed E-state index contributed by atoms with van der Waals surface area (Å²) in [6.45, 7) is 1.88. The van der Waals surface area contributed by atoms with Crippen LogP contribution in [0.3, 0.4) is 0 Å². The van der Waals surface area contributed by atoms with Crippen molar-refractivity contribution >= 4 is 17.5 Å². The van der Waals surface area contributed by atoms with Crippen molar-refractivity contribution in [1.29, 1.82) is 0 Å². The number of nitrogens with zero attached hydrogens (tertiary/aromatic N) is 3. The summed E-state index contributed by atoms with van der Waals surface area (Å²) in [5, 5.41) is 10.5. The molecular formula is C9H15ClN4O. The molecule has 1 aromatic heterocycles. The zero-order valence-corrected chi connectivity index (χ0v) is 9.66. The summed E-state index contributed by atoms with van der Waals surface area (Å²) >= 11 is 5.50. The van der Waals surface area contributed by atoms with Crippen LogP contribution < -0.4 is 5.32 Å². The molecule has 1 atom stereocenters. The van der Waals surface area contributed by atoms with Gasteiger partial charge in [0.05, 0.1) is 6.04 Å². The first kappa shape index (κ1) is 12.0. The fourth-order valence-corrected chi connectivity index (χ4v) is 1.42. The molecule has 0 bridgehead atoms. The molecule has 5 nitrogen and oxygen atoms in total. The first-order valence-electron chi connectivity index (χ1n) is 4.84. The van der Waals surface area contributed by atoms with Crippen molar-refractivity contribution in [3.8, 4) is 0 Å². The number of carbonyl (C=O) groups is 1. The zero-order chi connectivity index (χ0) is 11.3. The highest BCUT2D eigenvalue weighted by Gasteiger charge is 2.13. The molecule has 1 heterocycles. The number of carbonyl (C=O) groups excluding carboxylic acids is 1. The van der Waals surface area contributed by atoms with E-state index in [0.29, 0.717) is 18.7 Å². The Kier molecular flexibility index (Phi) is 4.55. The lowest BCUT2D eigenvalue weighted by Gasteiger charge is -2.12. The summed E-state index contributed by atoms with van der Waals surface area (Å²) in [6.07, 6.45) is 2.75. The highest BCUT2D eigenvalue weighted by Crippen LogP contribution is 2.07. The van der Waals surface area contributed by atoms with Gasteiger partial charge in [-0.2, -0.15) is 0 Å². The predicted molar refractivity (Wildman–Crippen MR) is 57.5 cm³/mol. The van der Waals surface area contributed by atoms with E-state index in [0.717, 1.165) is 5.82 Å². The van der Waals surface area contributed by atoms with Gasteiger partial charge in [0.15, 0.2) is 5.82 Å². The SMILES string of the molecule is CC(NC(=O)CCCCl)c1nncn1C. The fourth-order valence-electron chi connectivity index (χ4n) is 1.29. The lowest BCUT2D eigenvalue weighted by Crippen LogP contribution is -2.28. The molecule has 1 rings (SSSR count). The summed E-state index contributed by atoms with van der Waals surface area (Å²) in [5.41, 5.74) is 0. The Morgan fingerprint density at radius 3 is 3.00 bits per heavy atom. The Morgan fingerprint density at radius 2 is 2.47 bits per heavy atom. The smallest absolute Gasteiger partial charge is 0.220 e. The Labute approximate surface area is 93.8 Å². The summed E-state index contributed by atoms with van der Waals surface area (Å²) < 4.78 is 1.78. The lowest BCUT2D eigenvalue weighted by atomic mass is 10.2. The van der Waals surface area contributed by atoms with E-state index in [9.17, 15) is 4.79 Å². The third-order valence-electron chi connectivity index (χ3n) is 2.05. The van der Waals surface area contributed by atoms with Gasteiger partial charge in [0.2, 0.25) is 5.91 Å². The molecule has 0 aliphatic carbocycles. The number of rotatable bonds is 5. The normalized spacial score (nSPS) is 12.5. The van der Waals surface area contributed by atoms with E-state index in [4.69, 9.17) is 11.6 Å². The first-order valence-corrected chi connectivity index (χ1v) is 5.37. The summed E-state index contributed by atoms with van der Waals surface area (Å²) in [6, 6.07) is -0.125. The highest BCUT2D eigenvalue weighted by atomic mass is 35.5. The Hall–Kier alpha value is -1.10. The minimum absolute atomic E-state index is 0.00819. The molecule has 1 N–H and O–H groups in total. The minimum Gasteiger partial charge on any atom is -0.346 e. The van der Waals surface area contributed by atoms with Crippen LogP contribution in [-0.4, -0.2) is 26.6 Å². The highest BCUT2D eigenvalue weighted by molar-refractivity contribution is 6.17. The van der Waals surface area contributed by atoms with E-state index in [2.05, 4.69) is 15.5 Å². The molecule has 84 valence electrons. The van der Waals surface area contributed by atoms with E-state index in [1.54, 1.807) is 10.9 Å². The average molecular weight is 231 g/mol. The van der Waals surface area contributed by atoms with Crippen molar-refractivity contribution < 1.29 is 4.79 Å². The molecule has 6 heteroatoms. The van der Waals surface area contributed by atoms with Crippen LogP contribution >= 0.6 is 11.6 Å². The van der Waals surface area contributed by atoms with Gasteiger partial charge in [0.25, 0.3) is 0 Å². The fraction of sp³-hybridized carbons (Fsp3) is 0.667. The van der Waals surface area contributed by atoms with Crippen LogP contribution in [0.2, 0.25) is 0 Å². The number of amides is 1. The van der Waals surface area contributed by atoms with Crippen LogP contribution in [0, 0.1) is 0 Å². The van der Waals surface area contributed by atoms with Gasteiger partial charge in [0, 0.05) is 19.3 Å². The van der Waals surface area contributed by atoms with Gasteiger partial charge in [0.1, 0.15) is 6.33 Å². The Balaban J connectivity index is 2.45. The molecule has 0 saturated carbocycles. The monoisotopic (exact) mass is 230 g/mol.